The quantitative estimate of drug-likeness (QED) is 0.120. The molecule has 0 spiro atoms. The van der Waals surface area contributed by atoms with E-state index in [1.807, 2.05) is 24.0 Å². The Morgan fingerprint density at radius 1 is 0.739 bits per heavy atom. The molecular weight excluding hydrogens is 747 g/mol. The van der Waals surface area contributed by atoms with Crippen LogP contribution in [0.5, 0.6) is 0 Å². The molecule has 0 aliphatic carbocycles. The van der Waals surface area contributed by atoms with Crippen molar-refractivity contribution in [2.24, 2.45) is 18.5 Å². The molecule has 46 heavy (non-hydrogen) atoms. The molecule has 6 heterocycles. The van der Waals surface area contributed by atoms with Gasteiger partial charge >= 0.3 is 12.1 Å². The average molecular weight is 779 g/mol. The number of anilines is 4. The number of nitrogens with two attached hydrogens (primary N) is 2. The summed E-state index contributed by atoms with van der Waals surface area (Å²) in [4.78, 5) is 53.4. The number of carbonyl (C=O) groups is 4. The number of thiophene rings is 2. The van der Waals surface area contributed by atoms with E-state index in [0.29, 0.717) is 71.8 Å². The van der Waals surface area contributed by atoms with Crippen molar-refractivity contribution in [2.75, 3.05) is 34.5 Å². The van der Waals surface area contributed by atoms with Crippen LogP contribution in [-0.2, 0) is 42.6 Å². The van der Waals surface area contributed by atoms with E-state index in [4.69, 9.17) is 20.9 Å². The topological polar surface area (TPSA) is 204 Å². The van der Waals surface area contributed by atoms with Gasteiger partial charge in [0.25, 0.3) is 11.8 Å². The zero-order valence-corrected chi connectivity index (χ0v) is 28.3. The van der Waals surface area contributed by atoms with Crippen molar-refractivity contribution in [1.29, 1.82) is 0 Å². The molecule has 8 N–H and O–H groups in total. The van der Waals surface area contributed by atoms with Gasteiger partial charge in [0.05, 0.1) is 43.2 Å². The molecule has 0 fully saturated rings. The Hall–Kier alpha value is -4.17. The van der Waals surface area contributed by atoms with E-state index >= 15 is 0 Å². The second kappa shape index (κ2) is 15.9. The van der Waals surface area contributed by atoms with Gasteiger partial charge in [-0.3, -0.25) is 25.2 Å². The third-order valence-corrected chi connectivity index (χ3v) is 9.00. The number of urea groups is 2. The molecule has 0 saturated heterocycles. The molecule has 14 nitrogen and oxygen atoms in total. The van der Waals surface area contributed by atoms with Gasteiger partial charge < -0.3 is 55.6 Å². The lowest BCUT2D eigenvalue weighted by molar-refractivity contribution is -0.671. The van der Waals surface area contributed by atoms with E-state index in [1.165, 1.54) is 22.7 Å². The number of amides is 6. The second-order valence-electron chi connectivity index (χ2n) is 9.90. The fraction of sp³-hybridized carbons (Fsp3) is 0.241. The summed E-state index contributed by atoms with van der Waals surface area (Å²) in [5.74, 6) is -1.08. The molecule has 0 unspecified atom stereocenters. The Bertz CT molecular complexity index is 1730. The van der Waals surface area contributed by atoms with E-state index in [1.54, 1.807) is 36.7 Å². The van der Waals surface area contributed by atoms with Crippen molar-refractivity contribution >= 4 is 67.9 Å². The van der Waals surface area contributed by atoms with Gasteiger partial charge in [0.2, 0.25) is 0 Å². The molecule has 17 heteroatoms. The highest BCUT2D eigenvalue weighted by Crippen LogP contribution is 2.37. The van der Waals surface area contributed by atoms with E-state index in [9.17, 15) is 19.2 Å². The summed E-state index contributed by atoms with van der Waals surface area (Å²) in [6.07, 6.45) is 8.05. The summed E-state index contributed by atoms with van der Waals surface area (Å²) in [5, 5.41) is 11.7. The number of nitrogens with zero attached hydrogens (tertiary/aromatic N) is 2. The van der Waals surface area contributed by atoms with Crippen LogP contribution in [0.15, 0.2) is 49.1 Å². The van der Waals surface area contributed by atoms with Gasteiger partial charge in [0, 0.05) is 40.0 Å². The first-order valence-corrected chi connectivity index (χ1v) is 15.4. The van der Waals surface area contributed by atoms with E-state index < -0.39 is 23.9 Å². The zero-order valence-electron chi connectivity index (χ0n) is 24.6. The van der Waals surface area contributed by atoms with Gasteiger partial charge in [-0.2, -0.15) is 0 Å². The zero-order chi connectivity index (χ0) is 31.9. The Balaban J connectivity index is 0.000000205. The number of aryl methyl sites for hydroxylation is 1. The van der Waals surface area contributed by atoms with Crippen molar-refractivity contribution in [1.82, 2.24) is 4.98 Å². The first-order valence-electron chi connectivity index (χ1n) is 13.7. The summed E-state index contributed by atoms with van der Waals surface area (Å²) in [5.41, 5.74) is 14.7. The first-order chi connectivity index (χ1) is 21.7. The molecule has 0 aromatic carbocycles. The predicted octanol–water partition coefficient (Wildman–Crippen LogP) is 0.351. The van der Waals surface area contributed by atoms with Gasteiger partial charge in [-0.05, 0) is 36.1 Å². The molecule has 4 aromatic rings. The summed E-state index contributed by atoms with van der Waals surface area (Å²) < 4.78 is 12.6. The van der Waals surface area contributed by atoms with Crippen molar-refractivity contribution in [3.8, 4) is 0 Å². The Kier molecular flexibility index (Phi) is 12.0. The van der Waals surface area contributed by atoms with Gasteiger partial charge in [-0.25, -0.2) is 14.2 Å². The third kappa shape index (κ3) is 8.55. The minimum Gasteiger partial charge on any atom is -1.00 e. The van der Waals surface area contributed by atoms with Gasteiger partial charge in [0.1, 0.15) is 17.0 Å². The van der Waals surface area contributed by atoms with E-state index in [2.05, 4.69) is 26.3 Å². The number of nitrogens with one attached hydrogen (secondary N) is 4. The number of carbonyl (C=O) groups excluding carboxylic acids is 4. The smallest absolute Gasteiger partial charge is 0.324 e. The summed E-state index contributed by atoms with van der Waals surface area (Å²) in [6, 6.07) is 6.04. The summed E-state index contributed by atoms with van der Waals surface area (Å²) in [6.45, 7) is 1.98. The highest BCUT2D eigenvalue weighted by Gasteiger charge is 2.26. The normalized spacial score (nSPS) is 13.0. The number of ether oxygens (including phenoxy) is 2. The van der Waals surface area contributed by atoms with Crippen LogP contribution in [-0.4, -0.2) is 42.1 Å². The standard InChI is InChI=1S/C15H16N4O3S.C14H14N4O3S.HI/c1-19-5-2-9(3-6-19)17-15(21)18-14-12(13(16)20)10-4-7-22-8-11(10)23-14;15-12(19)11-9-3-6-21-7-10(9)22-13(11)18-14(20)17-8-1-4-16-5-2-8;/h2-3,5-6H,4,7-8H2,1H3,(H3,16,18,20,21);1-2,4-5H,3,6-7H2,(H2,15,19)(H2,16,17,18,20);1H. The average Bonchev–Trinajstić information content (AvgIpc) is 3.56. The maximum atomic E-state index is 12.1. The minimum absolute atomic E-state index is 0. The number of halogens is 1. The fourth-order valence-corrected chi connectivity index (χ4v) is 7.08. The molecule has 0 radical (unpaired) electrons. The highest BCUT2D eigenvalue weighted by atomic mass is 127. The molecule has 2 aliphatic rings. The molecule has 4 aromatic heterocycles. The molecule has 6 rings (SSSR count). The molecule has 0 saturated carbocycles. The second-order valence-corrected chi connectivity index (χ2v) is 12.1. The van der Waals surface area contributed by atoms with Crippen molar-refractivity contribution in [3.05, 3.63) is 81.1 Å². The van der Waals surface area contributed by atoms with Crippen LogP contribution in [0.25, 0.3) is 0 Å². The third-order valence-electron chi connectivity index (χ3n) is 6.76. The fourth-order valence-electron chi connectivity index (χ4n) is 4.71. The van der Waals surface area contributed by atoms with Crippen LogP contribution in [0.2, 0.25) is 0 Å². The molecule has 0 bridgehead atoms. The minimum atomic E-state index is -0.543. The maximum absolute atomic E-state index is 12.1. The highest BCUT2D eigenvalue weighted by molar-refractivity contribution is 7.17. The summed E-state index contributed by atoms with van der Waals surface area (Å²) >= 11 is 2.65. The Morgan fingerprint density at radius 2 is 1.17 bits per heavy atom. The monoisotopic (exact) mass is 778 g/mol. The largest absolute Gasteiger partial charge is 1.00 e. The molecule has 6 amide bonds. The number of rotatable bonds is 6. The Morgan fingerprint density at radius 3 is 1.61 bits per heavy atom. The predicted molar refractivity (Wildman–Crippen MR) is 170 cm³/mol. The number of aromatic nitrogens is 2. The van der Waals surface area contributed by atoms with Crippen molar-refractivity contribution < 1.29 is 57.2 Å². The van der Waals surface area contributed by atoms with Crippen LogP contribution in [0.4, 0.5) is 31.0 Å². The molecule has 242 valence electrons. The SMILES string of the molecule is C[n+]1ccc(NC(=O)Nc2sc3c(c2C(N)=O)CCOC3)cc1.NC(=O)c1c(NC(=O)Nc2ccncc2)sc2c1CCOC2.[I-]. The van der Waals surface area contributed by atoms with E-state index in [-0.39, 0.29) is 24.0 Å². The lowest BCUT2D eigenvalue weighted by atomic mass is 10.1. The lowest BCUT2D eigenvalue weighted by Gasteiger charge is -2.12. The number of hydrogen-bond donors (Lipinski definition) is 6. The van der Waals surface area contributed by atoms with Gasteiger partial charge in [-0.15, -0.1) is 22.7 Å². The molecule has 0 atom stereocenters. The van der Waals surface area contributed by atoms with Gasteiger partial charge in [0.15, 0.2) is 12.4 Å². The van der Waals surface area contributed by atoms with Crippen LogP contribution in [0.1, 0.15) is 41.6 Å². The number of hydrogen-bond acceptors (Lipinski definition) is 9. The van der Waals surface area contributed by atoms with Gasteiger partial charge in [-0.1, -0.05) is 0 Å². The molecular formula is C29H31IN8O6S2. The maximum Gasteiger partial charge on any atom is 0.324 e. The number of primary amides is 2. The number of pyridine rings is 2. The van der Waals surface area contributed by atoms with Crippen LogP contribution >= 0.6 is 22.7 Å². The van der Waals surface area contributed by atoms with E-state index in [0.717, 1.165) is 20.9 Å². The van der Waals surface area contributed by atoms with Crippen molar-refractivity contribution in [2.45, 2.75) is 26.1 Å². The van der Waals surface area contributed by atoms with Crippen LogP contribution in [0, 0.1) is 0 Å². The summed E-state index contributed by atoms with van der Waals surface area (Å²) in [7, 11) is 1.89. The molecule has 2 aliphatic heterocycles. The lowest BCUT2D eigenvalue weighted by Crippen LogP contribution is -3.00. The number of fused-ring (bicyclic) bond motifs is 2. The first kappa shape index (κ1) is 34.7. The van der Waals surface area contributed by atoms with Crippen LogP contribution in [0.3, 0.4) is 0 Å². The Labute approximate surface area is 288 Å². The van der Waals surface area contributed by atoms with Crippen molar-refractivity contribution in [3.63, 3.8) is 0 Å². The van der Waals surface area contributed by atoms with Crippen LogP contribution < -0.4 is 61.3 Å².